The highest BCUT2D eigenvalue weighted by molar-refractivity contribution is 5.36. The van der Waals surface area contributed by atoms with Gasteiger partial charge in [-0.15, -0.1) is 0 Å². The SMILES string of the molecule is COc1ccccc1CCNc1cncc(OC(C)C)n1. The van der Waals surface area contributed by atoms with Gasteiger partial charge >= 0.3 is 0 Å². The summed E-state index contributed by atoms with van der Waals surface area (Å²) in [6.07, 6.45) is 4.24. The Bertz CT molecular complexity index is 573. The number of aromatic nitrogens is 2. The fraction of sp³-hybridized carbons (Fsp3) is 0.375. The fourth-order valence-electron chi connectivity index (χ4n) is 1.97. The lowest BCUT2D eigenvalue weighted by molar-refractivity contribution is 0.232. The van der Waals surface area contributed by atoms with Crippen LogP contribution in [0.3, 0.4) is 0 Å². The summed E-state index contributed by atoms with van der Waals surface area (Å²) in [4.78, 5) is 8.48. The smallest absolute Gasteiger partial charge is 0.234 e. The van der Waals surface area contributed by atoms with Crippen LogP contribution in [0.15, 0.2) is 36.7 Å². The second kappa shape index (κ2) is 7.47. The first-order chi connectivity index (χ1) is 10.2. The molecule has 1 aromatic carbocycles. The molecule has 2 rings (SSSR count). The molecule has 0 bridgehead atoms. The number of para-hydroxylation sites is 1. The number of ether oxygens (including phenoxy) is 2. The maximum atomic E-state index is 5.52. The van der Waals surface area contributed by atoms with Crippen LogP contribution >= 0.6 is 0 Å². The van der Waals surface area contributed by atoms with Crippen LogP contribution in [0.4, 0.5) is 5.82 Å². The molecule has 0 aliphatic heterocycles. The van der Waals surface area contributed by atoms with Gasteiger partial charge in [-0.25, -0.2) is 0 Å². The van der Waals surface area contributed by atoms with Crippen LogP contribution in [0.25, 0.3) is 0 Å². The number of rotatable bonds is 7. The molecule has 0 spiro atoms. The van der Waals surface area contributed by atoms with E-state index >= 15 is 0 Å². The van der Waals surface area contributed by atoms with Crippen molar-refractivity contribution in [3.05, 3.63) is 42.2 Å². The first kappa shape index (κ1) is 15.1. The lowest BCUT2D eigenvalue weighted by Gasteiger charge is -2.11. The van der Waals surface area contributed by atoms with Gasteiger partial charge in [0.1, 0.15) is 11.6 Å². The molecule has 5 heteroatoms. The van der Waals surface area contributed by atoms with E-state index in [2.05, 4.69) is 21.4 Å². The van der Waals surface area contributed by atoms with E-state index < -0.39 is 0 Å². The average molecular weight is 287 g/mol. The zero-order valence-corrected chi connectivity index (χ0v) is 12.7. The maximum absolute atomic E-state index is 5.52. The van der Waals surface area contributed by atoms with E-state index in [-0.39, 0.29) is 6.10 Å². The minimum absolute atomic E-state index is 0.0862. The monoisotopic (exact) mass is 287 g/mol. The summed E-state index contributed by atoms with van der Waals surface area (Å²) in [6, 6.07) is 8.00. The third kappa shape index (κ3) is 4.63. The van der Waals surface area contributed by atoms with Gasteiger partial charge in [-0.05, 0) is 31.9 Å². The molecule has 0 aliphatic carbocycles. The van der Waals surface area contributed by atoms with Gasteiger partial charge in [-0.2, -0.15) is 4.98 Å². The van der Waals surface area contributed by atoms with E-state index in [1.165, 1.54) is 0 Å². The molecule has 0 unspecified atom stereocenters. The van der Waals surface area contributed by atoms with E-state index in [1.807, 2.05) is 32.0 Å². The Labute approximate surface area is 125 Å². The average Bonchev–Trinajstić information content (AvgIpc) is 2.47. The van der Waals surface area contributed by atoms with Crippen LogP contribution < -0.4 is 14.8 Å². The Hall–Kier alpha value is -2.30. The van der Waals surface area contributed by atoms with Crippen molar-refractivity contribution in [1.82, 2.24) is 9.97 Å². The van der Waals surface area contributed by atoms with E-state index in [0.29, 0.717) is 11.7 Å². The van der Waals surface area contributed by atoms with Crippen molar-refractivity contribution in [2.45, 2.75) is 26.4 Å². The molecular formula is C16H21N3O2. The van der Waals surface area contributed by atoms with Gasteiger partial charge in [0.2, 0.25) is 5.88 Å². The maximum Gasteiger partial charge on any atom is 0.234 e. The molecule has 0 fully saturated rings. The van der Waals surface area contributed by atoms with Gasteiger partial charge in [-0.1, -0.05) is 18.2 Å². The van der Waals surface area contributed by atoms with E-state index in [9.17, 15) is 0 Å². The minimum Gasteiger partial charge on any atom is -0.496 e. The molecule has 112 valence electrons. The van der Waals surface area contributed by atoms with Crippen LogP contribution in [-0.2, 0) is 6.42 Å². The van der Waals surface area contributed by atoms with Crippen LogP contribution in [-0.4, -0.2) is 29.7 Å². The molecule has 0 atom stereocenters. The van der Waals surface area contributed by atoms with Gasteiger partial charge in [0.15, 0.2) is 0 Å². The minimum atomic E-state index is 0.0862. The number of nitrogens with zero attached hydrogens (tertiary/aromatic N) is 2. The summed E-state index contributed by atoms with van der Waals surface area (Å²) in [5.41, 5.74) is 1.16. The van der Waals surface area contributed by atoms with Crippen LogP contribution in [0.2, 0.25) is 0 Å². The Kier molecular flexibility index (Phi) is 5.37. The Morgan fingerprint density at radius 3 is 2.76 bits per heavy atom. The van der Waals surface area contributed by atoms with Crippen molar-refractivity contribution in [2.75, 3.05) is 19.0 Å². The molecular weight excluding hydrogens is 266 g/mol. The van der Waals surface area contributed by atoms with E-state index in [1.54, 1.807) is 19.5 Å². The summed E-state index contributed by atoms with van der Waals surface area (Å²) < 4.78 is 10.9. The molecule has 1 aromatic heterocycles. The third-order valence-electron chi connectivity index (χ3n) is 2.86. The molecule has 5 nitrogen and oxygen atoms in total. The normalized spacial score (nSPS) is 10.5. The van der Waals surface area contributed by atoms with Crippen molar-refractivity contribution in [1.29, 1.82) is 0 Å². The third-order valence-corrected chi connectivity index (χ3v) is 2.86. The van der Waals surface area contributed by atoms with Crippen LogP contribution in [0.1, 0.15) is 19.4 Å². The number of benzene rings is 1. The van der Waals surface area contributed by atoms with Gasteiger partial charge in [0.25, 0.3) is 0 Å². The number of hydrogen-bond acceptors (Lipinski definition) is 5. The highest BCUT2D eigenvalue weighted by atomic mass is 16.5. The van der Waals surface area contributed by atoms with Crippen LogP contribution in [0.5, 0.6) is 11.6 Å². The number of hydrogen-bond donors (Lipinski definition) is 1. The second-order valence-electron chi connectivity index (χ2n) is 4.90. The van der Waals surface area contributed by atoms with E-state index in [4.69, 9.17) is 9.47 Å². The van der Waals surface area contributed by atoms with E-state index in [0.717, 1.165) is 24.3 Å². The lowest BCUT2D eigenvalue weighted by atomic mass is 10.1. The molecule has 1 N–H and O–H groups in total. The van der Waals surface area contributed by atoms with Crippen molar-refractivity contribution in [3.63, 3.8) is 0 Å². The molecule has 1 heterocycles. The zero-order valence-electron chi connectivity index (χ0n) is 12.7. The van der Waals surface area contributed by atoms with Crippen molar-refractivity contribution < 1.29 is 9.47 Å². The number of methoxy groups -OCH3 is 1. The first-order valence-electron chi connectivity index (χ1n) is 7.03. The number of anilines is 1. The molecule has 0 saturated heterocycles. The van der Waals surface area contributed by atoms with Crippen molar-refractivity contribution >= 4 is 5.82 Å². The van der Waals surface area contributed by atoms with Crippen molar-refractivity contribution in [3.8, 4) is 11.6 Å². The van der Waals surface area contributed by atoms with Crippen LogP contribution in [0, 0.1) is 0 Å². The molecule has 0 aliphatic rings. The summed E-state index contributed by atoms with van der Waals surface area (Å²) in [5.74, 6) is 2.15. The van der Waals surface area contributed by atoms with Gasteiger partial charge in [0.05, 0.1) is 25.6 Å². The first-order valence-corrected chi connectivity index (χ1v) is 7.03. The van der Waals surface area contributed by atoms with Gasteiger partial charge in [-0.3, -0.25) is 4.98 Å². The summed E-state index contributed by atoms with van der Waals surface area (Å²) in [5, 5.41) is 3.25. The quantitative estimate of drug-likeness (QED) is 0.848. The molecule has 2 aromatic rings. The zero-order chi connectivity index (χ0) is 15.1. The largest absolute Gasteiger partial charge is 0.496 e. The van der Waals surface area contributed by atoms with Crippen molar-refractivity contribution in [2.24, 2.45) is 0 Å². The lowest BCUT2D eigenvalue weighted by Crippen LogP contribution is -2.10. The Balaban J connectivity index is 1.91. The predicted molar refractivity (Wildman–Crippen MR) is 83.0 cm³/mol. The number of nitrogens with one attached hydrogen (secondary N) is 1. The Morgan fingerprint density at radius 1 is 1.19 bits per heavy atom. The molecule has 21 heavy (non-hydrogen) atoms. The molecule has 0 saturated carbocycles. The second-order valence-corrected chi connectivity index (χ2v) is 4.90. The summed E-state index contributed by atoms with van der Waals surface area (Å²) in [7, 11) is 1.68. The standard InChI is InChI=1S/C16H21N3O2/c1-12(2)21-16-11-17-10-15(19-16)18-9-8-13-6-4-5-7-14(13)20-3/h4-7,10-12H,8-9H2,1-3H3,(H,18,19). The highest BCUT2D eigenvalue weighted by Crippen LogP contribution is 2.18. The fourth-order valence-corrected chi connectivity index (χ4v) is 1.97. The summed E-state index contributed by atoms with van der Waals surface area (Å²) >= 11 is 0. The van der Waals surface area contributed by atoms with Gasteiger partial charge in [0, 0.05) is 6.54 Å². The predicted octanol–water partition coefficient (Wildman–Crippen LogP) is 2.93. The van der Waals surface area contributed by atoms with Gasteiger partial charge < -0.3 is 14.8 Å². The summed E-state index contributed by atoms with van der Waals surface area (Å²) in [6.45, 7) is 4.67. The molecule has 0 amide bonds. The molecule has 0 radical (unpaired) electrons. The highest BCUT2D eigenvalue weighted by Gasteiger charge is 2.04. The Morgan fingerprint density at radius 2 is 2.00 bits per heavy atom. The topological polar surface area (TPSA) is 56.3 Å².